The molecule has 0 rings (SSSR count). The fourth-order valence-corrected chi connectivity index (χ4v) is 1.59. The first-order valence-electron chi connectivity index (χ1n) is 6.27. The molecule has 3 nitrogen and oxygen atoms in total. The molecule has 0 amide bonds. The molecule has 0 aliphatic carbocycles. The molecule has 0 spiro atoms. The van der Waals surface area contributed by atoms with E-state index in [1.165, 1.54) is 31.8 Å². The van der Waals surface area contributed by atoms with Crippen LogP contribution >= 0.6 is 0 Å². The van der Waals surface area contributed by atoms with Crippen LogP contribution in [-0.2, 0) is 9.53 Å². The Hall–Kier alpha value is -0.830. The Morgan fingerprint density at radius 3 is 2.69 bits per heavy atom. The van der Waals surface area contributed by atoms with Gasteiger partial charge in [-0.15, -0.1) is 0 Å². The van der Waals surface area contributed by atoms with Crippen molar-refractivity contribution in [3.63, 3.8) is 0 Å². The number of unbranched alkanes of at least 4 members (excludes halogenated alkanes) is 3. The van der Waals surface area contributed by atoms with Crippen LogP contribution in [0, 0.1) is 0 Å². The van der Waals surface area contributed by atoms with Gasteiger partial charge in [-0.2, -0.15) is 0 Å². The zero-order valence-corrected chi connectivity index (χ0v) is 10.6. The van der Waals surface area contributed by atoms with Gasteiger partial charge >= 0.3 is 5.97 Å². The van der Waals surface area contributed by atoms with Gasteiger partial charge in [-0.05, 0) is 13.0 Å². The average molecular weight is 227 g/mol. The van der Waals surface area contributed by atoms with Crippen molar-refractivity contribution in [3.8, 4) is 0 Å². The predicted molar refractivity (Wildman–Crippen MR) is 67.4 cm³/mol. The maximum atomic E-state index is 10.9. The van der Waals surface area contributed by atoms with E-state index in [-0.39, 0.29) is 12.0 Å². The van der Waals surface area contributed by atoms with E-state index >= 15 is 0 Å². The molecule has 0 saturated heterocycles. The molecule has 16 heavy (non-hydrogen) atoms. The molecule has 0 aromatic heterocycles. The largest absolute Gasteiger partial charge is 0.461 e. The minimum Gasteiger partial charge on any atom is -0.461 e. The molecule has 0 aromatic rings. The second-order valence-corrected chi connectivity index (χ2v) is 3.94. The normalized spacial score (nSPS) is 12.1. The fourth-order valence-electron chi connectivity index (χ4n) is 1.59. The maximum Gasteiger partial charge on any atom is 0.330 e. The highest BCUT2D eigenvalue weighted by Crippen LogP contribution is 2.06. The zero-order valence-electron chi connectivity index (χ0n) is 10.6. The van der Waals surface area contributed by atoms with Gasteiger partial charge in [0.05, 0.1) is 0 Å². The molecule has 0 aliphatic heterocycles. The van der Waals surface area contributed by atoms with E-state index in [2.05, 4.69) is 25.7 Å². The Kier molecular flexibility index (Phi) is 10.1. The SMILES string of the molecule is C=CC(=O)OCC(CCCCCC)NCC. The molecular formula is C13H25NO2. The van der Waals surface area contributed by atoms with Crippen molar-refractivity contribution in [1.29, 1.82) is 0 Å². The van der Waals surface area contributed by atoms with Gasteiger partial charge in [-0.3, -0.25) is 0 Å². The van der Waals surface area contributed by atoms with E-state index < -0.39 is 0 Å². The first-order valence-corrected chi connectivity index (χ1v) is 6.27. The number of ether oxygens (including phenoxy) is 1. The van der Waals surface area contributed by atoms with E-state index in [1.807, 2.05) is 0 Å². The third-order valence-corrected chi connectivity index (χ3v) is 2.49. The number of carbonyl (C=O) groups is 1. The Morgan fingerprint density at radius 2 is 2.12 bits per heavy atom. The molecule has 0 radical (unpaired) electrons. The molecule has 1 unspecified atom stereocenters. The molecule has 0 bridgehead atoms. The number of nitrogens with one attached hydrogen (secondary N) is 1. The van der Waals surface area contributed by atoms with Crippen molar-refractivity contribution in [2.75, 3.05) is 13.2 Å². The standard InChI is InChI=1S/C13H25NO2/c1-4-7-8-9-10-12(14-6-3)11-16-13(15)5-2/h5,12,14H,2,4,6-11H2,1,3H3. The van der Waals surface area contributed by atoms with Crippen LogP contribution in [0.25, 0.3) is 0 Å². The van der Waals surface area contributed by atoms with Crippen LogP contribution in [0.5, 0.6) is 0 Å². The molecular weight excluding hydrogens is 202 g/mol. The smallest absolute Gasteiger partial charge is 0.330 e. The Morgan fingerprint density at radius 1 is 1.38 bits per heavy atom. The van der Waals surface area contributed by atoms with Crippen molar-refractivity contribution >= 4 is 5.97 Å². The summed E-state index contributed by atoms with van der Waals surface area (Å²) in [5.74, 6) is -0.337. The van der Waals surface area contributed by atoms with Gasteiger partial charge < -0.3 is 10.1 Å². The summed E-state index contributed by atoms with van der Waals surface area (Å²) in [6.07, 6.45) is 7.26. The minimum atomic E-state index is -0.337. The Balaban J connectivity index is 3.69. The van der Waals surface area contributed by atoms with Crippen molar-refractivity contribution in [3.05, 3.63) is 12.7 Å². The summed E-state index contributed by atoms with van der Waals surface area (Å²) in [6, 6.07) is 0.283. The van der Waals surface area contributed by atoms with Gasteiger partial charge in [-0.25, -0.2) is 4.79 Å². The number of hydrogen-bond acceptors (Lipinski definition) is 3. The lowest BCUT2D eigenvalue weighted by Crippen LogP contribution is -2.34. The number of rotatable bonds is 10. The lowest BCUT2D eigenvalue weighted by atomic mass is 10.1. The lowest BCUT2D eigenvalue weighted by molar-refractivity contribution is -0.138. The van der Waals surface area contributed by atoms with Crippen LogP contribution in [0.4, 0.5) is 0 Å². The van der Waals surface area contributed by atoms with E-state index in [9.17, 15) is 4.79 Å². The Bertz CT molecular complexity index is 192. The molecule has 3 heteroatoms. The third-order valence-electron chi connectivity index (χ3n) is 2.49. The van der Waals surface area contributed by atoms with Gasteiger partial charge in [0.25, 0.3) is 0 Å². The summed E-state index contributed by atoms with van der Waals surface area (Å²) in [7, 11) is 0. The van der Waals surface area contributed by atoms with Gasteiger partial charge in [0.2, 0.25) is 0 Å². The van der Waals surface area contributed by atoms with Crippen LogP contribution in [0.3, 0.4) is 0 Å². The lowest BCUT2D eigenvalue weighted by Gasteiger charge is -2.17. The number of hydrogen-bond donors (Lipinski definition) is 1. The molecule has 0 fully saturated rings. The minimum absolute atomic E-state index is 0.283. The quantitative estimate of drug-likeness (QED) is 0.354. The van der Waals surface area contributed by atoms with Crippen LogP contribution in [0.15, 0.2) is 12.7 Å². The van der Waals surface area contributed by atoms with E-state index in [0.29, 0.717) is 6.61 Å². The molecule has 0 saturated carbocycles. The monoisotopic (exact) mass is 227 g/mol. The first-order chi connectivity index (χ1) is 7.74. The molecule has 1 N–H and O–H groups in total. The van der Waals surface area contributed by atoms with Crippen LogP contribution in [0.2, 0.25) is 0 Å². The molecule has 0 heterocycles. The summed E-state index contributed by atoms with van der Waals surface area (Å²) < 4.78 is 5.04. The Labute approximate surface area is 99.3 Å². The topological polar surface area (TPSA) is 38.3 Å². The van der Waals surface area contributed by atoms with Gasteiger partial charge in [-0.1, -0.05) is 46.1 Å². The maximum absolute atomic E-state index is 10.9. The number of carbonyl (C=O) groups excluding carboxylic acids is 1. The average Bonchev–Trinajstić information content (AvgIpc) is 2.30. The van der Waals surface area contributed by atoms with Crippen molar-refractivity contribution in [2.45, 2.75) is 52.0 Å². The third kappa shape index (κ3) is 8.48. The van der Waals surface area contributed by atoms with Crippen LogP contribution in [0.1, 0.15) is 46.0 Å². The summed E-state index contributed by atoms with van der Waals surface area (Å²) in [5, 5.41) is 3.33. The molecule has 0 aliphatic rings. The zero-order chi connectivity index (χ0) is 12.2. The second kappa shape index (κ2) is 10.7. The van der Waals surface area contributed by atoms with Gasteiger partial charge in [0, 0.05) is 12.1 Å². The van der Waals surface area contributed by atoms with E-state index in [1.54, 1.807) is 0 Å². The molecule has 94 valence electrons. The summed E-state index contributed by atoms with van der Waals surface area (Å²) >= 11 is 0. The van der Waals surface area contributed by atoms with Crippen LogP contribution in [-0.4, -0.2) is 25.2 Å². The van der Waals surface area contributed by atoms with Gasteiger partial charge in [0.15, 0.2) is 0 Å². The van der Waals surface area contributed by atoms with E-state index in [0.717, 1.165) is 13.0 Å². The highest BCUT2D eigenvalue weighted by Gasteiger charge is 2.08. The van der Waals surface area contributed by atoms with Crippen LogP contribution < -0.4 is 5.32 Å². The first kappa shape index (κ1) is 15.2. The molecule has 1 atom stereocenters. The number of likely N-dealkylation sites (N-methyl/N-ethyl adjacent to an activating group) is 1. The second-order valence-electron chi connectivity index (χ2n) is 3.94. The summed E-state index contributed by atoms with van der Waals surface area (Å²) in [4.78, 5) is 10.9. The van der Waals surface area contributed by atoms with E-state index in [4.69, 9.17) is 4.74 Å². The van der Waals surface area contributed by atoms with Crippen molar-refractivity contribution < 1.29 is 9.53 Å². The highest BCUT2D eigenvalue weighted by atomic mass is 16.5. The summed E-state index contributed by atoms with van der Waals surface area (Å²) in [6.45, 7) is 9.00. The van der Waals surface area contributed by atoms with Gasteiger partial charge in [0.1, 0.15) is 6.61 Å². The number of esters is 1. The van der Waals surface area contributed by atoms with Crippen molar-refractivity contribution in [1.82, 2.24) is 5.32 Å². The predicted octanol–water partition coefficient (Wildman–Crippen LogP) is 2.66. The van der Waals surface area contributed by atoms with Crippen molar-refractivity contribution in [2.24, 2.45) is 0 Å². The summed E-state index contributed by atoms with van der Waals surface area (Å²) in [5.41, 5.74) is 0. The molecule has 0 aromatic carbocycles. The highest BCUT2D eigenvalue weighted by molar-refractivity contribution is 5.81. The fraction of sp³-hybridized carbons (Fsp3) is 0.769.